The van der Waals surface area contributed by atoms with Gasteiger partial charge in [0.1, 0.15) is 0 Å². The van der Waals surface area contributed by atoms with Crippen LogP contribution in [0.1, 0.15) is 41.6 Å². The largest absolute Gasteiger partial charge is 0.381 e. The highest BCUT2D eigenvalue weighted by atomic mass is 16.1. The molecule has 0 saturated heterocycles. The number of aromatic nitrogens is 2. The molecule has 144 valence electrons. The van der Waals surface area contributed by atoms with Crippen LogP contribution in [0.2, 0.25) is 0 Å². The van der Waals surface area contributed by atoms with Crippen LogP contribution in [0, 0.1) is 5.41 Å². The van der Waals surface area contributed by atoms with Crippen LogP contribution in [0.4, 0.5) is 5.69 Å². The molecular formula is C21H29N5O. The van der Waals surface area contributed by atoms with Gasteiger partial charge in [-0.05, 0) is 57.6 Å². The minimum atomic E-state index is 0.0438. The number of carbonyl (C=O) groups excluding carboxylic acids is 1. The van der Waals surface area contributed by atoms with E-state index >= 15 is 0 Å². The van der Waals surface area contributed by atoms with Gasteiger partial charge in [-0.2, -0.15) is 5.10 Å². The number of anilines is 1. The SMILES string of the molecule is CN(C)C1CC(NC(=O)c2ccc(NCc3cnn(C)c3)cc2)C12CCC2. The molecule has 27 heavy (non-hydrogen) atoms. The van der Waals surface area contributed by atoms with Gasteiger partial charge in [0.2, 0.25) is 0 Å². The van der Waals surface area contributed by atoms with E-state index in [4.69, 9.17) is 0 Å². The van der Waals surface area contributed by atoms with Gasteiger partial charge in [-0.3, -0.25) is 9.48 Å². The number of benzene rings is 1. The van der Waals surface area contributed by atoms with E-state index in [0.717, 1.165) is 29.8 Å². The van der Waals surface area contributed by atoms with E-state index in [9.17, 15) is 4.79 Å². The van der Waals surface area contributed by atoms with Crippen molar-refractivity contribution < 1.29 is 4.79 Å². The number of rotatable bonds is 6. The summed E-state index contributed by atoms with van der Waals surface area (Å²) in [6, 6.07) is 8.65. The van der Waals surface area contributed by atoms with E-state index in [-0.39, 0.29) is 5.91 Å². The van der Waals surface area contributed by atoms with Gasteiger partial charge in [0.25, 0.3) is 5.91 Å². The van der Waals surface area contributed by atoms with Crippen LogP contribution < -0.4 is 10.6 Å². The number of hydrogen-bond acceptors (Lipinski definition) is 4. The minimum Gasteiger partial charge on any atom is -0.381 e. The molecule has 1 heterocycles. The first-order valence-corrected chi connectivity index (χ1v) is 9.77. The molecule has 2 aliphatic rings. The molecule has 1 aromatic carbocycles. The number of nitrogens with one attached hydrogen (secondary N) is 2. The number of hydrogen-bond donors (Lipinski definition) is 2. The smallest absolute Gasteiger partial charge is 0.251 e. The molecule has 6 nitrogen and oxygen atoms in total. The molecule has 0 radical (unpaired) electrons. The Labute approximate surface area is 160 Å². The molecule has 0 aliphatic heterocycles. The fraction of sp³-hybridized carbons (Fsp3) is 0.524. The quantitative estimate of drug-likeness (QED) is 0.824. The second-order valence-electron chi connectivity index (χ2n) is 8.28. The highest BCUT2D eigenvalue weighted by Crippen LogP contribution is 2.57. The highest BCUT2D eigenvalue weighted by Gasteiger charge is 2.59. The first kappa shape index (κ1) is 18.0. The normalized spacial score (nSPS) is 23.0. The Bertz CT molecular complexity index is 806. The molecule has 1 aromatic heterocycles. The van der Waals surface area contributed by atoms with Crippen molar-refractivity contribution in [2.75, 3.05) is 19.4 Å². The monoisotopic (exact) mass is 367 g/mol. The molecule has 2 aliphatic carbocycles. The zero-order valence-electron chi connectivity index (χ0n) is 16.4. The molecule has 2 N–H and O–H groups in total. The topological polar surface area (TPSA) is 62.2 Å². The molecule has 2 saturated carbocycles. The summed E-state index contributed by atoms with van der Waals surface area (Å²) in [5, 5.41) is 10.8. The predicted octanol–water partition coefficient (Wildman–Crippen LogP) is 2.63. The summed E-state index contributed by atoms with van der Waals surface area (Å²) in [6.07, 6.45) is 8.66. The Kier molecular flexibility index (Phi) is 4.68. The van der Waals surface area contributed by atoms with Gasteiger partial charge >= 0.3 is 0 Å². The molecule has 2 aromatic rings. The van der Waals surface area contributed by atoms with Crippen LogP contribution in [-0.2, 0) is 13.6 Å². The van der Waals surface area contributed by atoms with Gasteiger partial charge in [0.05, 0.1) is 6.20 Å². The molecule has 1 amide bonds. The van der Waals surface area contributed by atoms with E-state index < -0.39 is 0 Å². The summed E-state index contributed by atoms with van der Waals surface area (Å²) in [5.41, 5.74) is 3.17. The lowest BCUT2D eigenvalue weighted by molar-refractivity contribution is -0.0963. The third-order valence-electron chi connectivity index (χ3n) is 6.43. The Balaban J connectivity index is 1.33. The molecule has 2 unspecified atom stereocenters. The Morgan fingerprint density at radius 3 is 2.59 bits per heavy atom. The number of nitrogens with zero attached hydrogens (tertiary/aromatic N) is 3. The maximum atomic E-state index is 12.7. The summed E-state index contributed by atoms with van der Waals surface area (Å²) in [7, 11) is 6.22. The van der Waals surface area contributed by atoms with Crippen LogP contribution >= 0.6 is 0 Å². The van der Waals surface area contributed by atoms with Crippen molar-refractivity contribution in [1.29, 1.82) is 0 Å². The summed E-state index contributed by atoms with van der Waals surface area (Å²) >= 11 is 0. The van der Waals surface area contributed by atoms with Crippen molar-refractivity contribution in [3.05, 3.63) is 47.8 Å². The van der Waals surface area contributed by atoms with Crippen LogP contribution in [0.15, 0.2) is 36.7 Å². The predicted molar refractivity (Wildman–Crippen MR) is 107 cm³/mol. The number of amides is 1. The molecule has 6 heteroatoms. The Hall–Kier alpha value is -2.34. The molecule has 2 fully saturated rings. The fourth-order valence-electron chi connectivity index (χ4n) is 4.71. The van der Waals surface area contributed by atoms with Gasteiger partial charge < -0.3 is 15.5 Å². The van der Waals surface area contributed by atoms with Gasteiger partial charge in [0.15, 0.2) is 0 Å². The zero-order valence-corrected chi connectivity index (χ0v) is 16.4. The lowest BCUT2D eigenvalue weighted by atomic mass is 9.49. The van der Waals surface area contributed by atoms with Crippen molar-refractivity contribution in [1.82, 2.24) is 20.0 Å². The average Bonchev–Trinajstić information content (AvgIpc) is 3.00. The van der Waals surface area contributed by atoms with E-state index in [2.05, 4.69) is 34.7 Å². The van der Waals surface area contributed by atoms with E-state index in [1.165, 1.54) is 19.3 Å². The van der Waals surface area contributed by atoms with Gasteiger partial charge in [0, 0.05) is 54.1 Å². The fourth-order valence-corrected chi connectivity index (χ4v) is 4.71. The van der Waals surface area contributed by atoms with E-state index in [1.807, 2.05) is 43.7 Å². The molecular weight excluding hydrogens is 338 g/mol. The van der Waals surface area contributed by atoms with E-state index in [0.29, 0.717) is 17.5 Å². The van der Waals surface area contributed by atoms with Crippen molar-refractivity contribution in [3.63, 3.8) is 0 Å². The van der Waals surface area contributed by atoms with E-state index in [1.54, 1.807) is 4.68 Å². The van der Waals surface area contributed by atoms with Crippen molar-refractivity contribution in [3.8, 4) is 0 Å². The summed E-state index contributed by atoms with van der Waals surface area (Å²) in [4.78, 5) is 15.0. The zero-order chi connectivity index (χ0) is 19.0. The summed E-state index contributed by atoms with van der Waals surface area (Å²) in [5.74, 6) is 0.0438. The third kappa shape index (κ3) is 3.34. The molecule has 4 rings (SSSR count). The van der Waals surface area contributed by atoms with Crippen molar-refractivity contribution >= 4 is 11.6 Å². The van der Waals surface area contributed by atoms with Crippen LogP contribution in [0.3, 0.4) is 0 Å². The van der Waals surface area contributed by atoms with Gasteiger partial charge in [-0.15, -0.1) is 0 Å². The van der Waals surface area contributed by atoms with Crippen LogP contribution in [-0.4, -0.2) is 46.8 Å². The Morgan fingerprint density at radius 1 is 1.30 bits per heavy atom. The lowest BCUT2D eigenvalue weighted by Crippen LogP contribution is -2.70. The third-order valence-corrected chi connectivity index (χ3v) is 6.43. The molecule has 1 spiro atoms. The van der Waals surface area contributed by atoms with Crippen LogP contribution in [0.5, 0.6) is 0 Å². The molecule has 0 bridgehead atoms. The summed E-state index contributed by atoms with van der Waals surface area (Å²) < 4.78 is 1.79. The number of carbonyl (C=O) groups is 1. The first-order valence-electron chi connectivity index (χ1n) is 9.77. The van der Waals surface area contributed by atoms with Crippen molar-refractivity contribution in [2.24, 2.45) is 12.5 Å². The first-order chi connectivity index (χ1) is 13.0. The second-order valence-corrected chi connectivity index (χ2v) is 8.28. The second kappa shape index (κ2) is 7.00. The van der Waals surface area contributed by atoms with Gasteiger partial charge in [-0.25, -0.2) is 0 Å². The average molecular weight is 367 g/mol. The standard InChI is InChI=1S/C21H29N5O/c1-25(2)19-11-18(21(19)9-4-10-21)24-20(27)16-5-7-17(8-6-16)22-12-15-13-23-26(3)14-15/h5-8,13-14,18-19,22H,4,9-12H2,1-3H3,(H,24,27). The number of aryl methyl sites for hydroxylation is 1. The maximum absolute atomic E-state index is 12.7. The van der Waals surface area contributed by atoms with Crippen molar-refractivity contribution in [2.45, 2.75) is 44.3 Å². The maximum Gasteiger partial charge on any atom is 0.251 e. The van der Waals surface area contributed by atoms with Gasteiger partial charge in [-0.1, -0.05) is 6.42 Å². The van der Waals surface area contributed by atoms with Crippen LogP contribution in [0.25, 0.3) is 0 Å². The summed E-state index contributed by atoms with van der Waals surface area (Å²) in [6.45, 7) is 0.718. The lowest BCUT2D eigenvalue weighted by Gasteiger charge is -2.63. The highest BCUT2D eigenvalue weighted by molar-refractivity contribution is 5.94. The molecule has 2 atom stereocenters. The Morgan fingerprint density at radius 2 is 2.04 bits per heavy atom. The minimum absolute atomic E-state index is 0.0438.